The standard InChI is InChI=1S/C21H18N2O3/c24-20(22-19-12-10-18(11-13-19)21(25)23-26)14-15-6-8-17(9-7-15)16-4-2-1-3-5-16/h1-13,26H,14H2,(H,22,24)(H,23,25). The summed E-state index contributed by atoms with van der Waals surface area (Å²) in [4.78, 5) is 23.5. The molecule has 3 rings (SSSR count). The summed E-state index contributed by atoms with van der Waals surface area (Å²) in [5.74, 6) is -0.738. The molecule has 5 heteroatoms. The fourth-order valence-electron chi connectivity index (χ4n) is 2.61. The van der Waals surface area contributed by atoms with Crippen molar-refractivity contribution in [3.05, 3.63) is 90.0 Å². The molecule has 3 aromatic rings. The highest BCUT2D eigenvalue weighted by molar-refractivity contribution is 5.95. The number of rotatable bonds is 5. The van der Waals surface area contributed by atoms with Gasteiger partial charge >= 0.3 is 0 Å². The lowest BCUT2D eigenvalue weighted by Crippen LogP contribution is -2.18. The molecule has 3 N–H and O–H groups in total. The summed E-state index contributed by atoms with van der Waals surface area (Å²) >= 11 is 0. The third kappa shape index (κ3) is 4.34. The molecule has 5 nitrogen and oxygen atoms in total. The van der Waals surface area contributed by atoms with Crippen molar-refractivity contribution < 1.29 is 14.8 Å². The minimum absolute atomic E-state index is 0.142. The van der Waals surface area contributed by atoms with Gasteiger partial charge in [0.2, 0.25) is 5.91 Å². The fraction of sp³-hybridized carbons (Fsp3) is 0.0476. The maximum Gasteiger partial charge on any atom is 0.274 e. The van der Waals surface area contributed by atoms with Crippen LogP contribution in [0.3, 0.4) is 0 Å². The molecule has 0 bridgehead atoms. The summed E-state index contributed by atoms with van der Waals surface area (Å²) in [7, 11) is 0. The lowest BCUT2D eigenvalue weighted by Gasteiger charge is -2.07. The van der Waals surface area contributed by atoms with Gasteiger partial charge in [0, 0.05) is 11.3 Å². The largest absolute Gasteiger partial charge is 0.326 e. The molecule has 0 saturated heterocycles. The predicted molar refractivity (Wildman–Crippen MR) is 99.9 cm³/mol. The Morgan fingerprint density at radius 2 is 1.38 bits per heavy atom. The third-order valence-electron chi connectivity index (χ3n) is 3.96. The number of nitrogens with one attached hydrogen (secondary N) is 2. The molecule has 0 unspecified atom stereocenters. The van der Waals surface area contributed by atoms with Crippen LogP contribution < -0.4 is 10.8 Å². The Hall–Kier alpha value is -3.44. The van der Waals surface area contributed by atoms with Crippen molar-refractivity contribution in [2.45, 2.75) is 6.42 Å². The van der Waals surface area contributed by atoms with Gasteiger partial charge in [-0.05, 0) is 41.0 Å². The zero-order chi connectivity index (χ0) is 18.4. The summed E-state index contributed by atoms with van der Waals surface area (Å²) in [6, 6.07) is 24.2. The molecule has 0 spiro atoms. The van der Waals surface area contributed by atoms with Crippen molar-refractivity contribution in [3.8, 4) is 11.1 Å². The number of carbonyl (C=O) groups is 2. The highest BCUT2D eigenvalue weighted by Gasteiger charge is 2.07. The SMILES string of the molecule is O=C(Cc1ccc(-c2ccccc2)cc1)Nc1ccc(C(=O)NO)cc1. The van der Waals surface area contributed by atoms with Gasteiger partial charge in [-0.1, -0.05) is 54.6 Å². The molecule has 0 aromatic heterocycles. The molecule has 0 fully saturated rings. The van der Waals surface area contributed by atoms with E-state index in [1.54, 1.807) is 17.6 Å². The van der Waals surface area contributed by atoms with Crippen LogP contribution in [0, 0.1) is 0 Å². The highest BCUT2D eigenvalue weighted by Crippen LogP contribution is 2.19. The minimum Gasteiger partial charge on any atom is -0.326 e. The topological polar surface area (TPSA) is 78.4 Å². The Kier molecular flexibility index (Phi) is 5.41. The van der Waals surface area contributed by atoms with E-state index in [9.17, 15) is 9.59 Å². The van der Waals surface area contributed by atoms with E-state index in [4.69, 9.17) is 5.21 Å². The van der Waals surface area contributed by atoms with E-state index < -0.39 is 5.91 Å². The summed E-state index contributed by atoms with van der Waals surface area (Å²) < 4.78 is 0. The Balaban J connectivity index is 1.60. The molecule has 130 valence electrons. The number of hydrogen-bond acceptors (Lipinski definition) is 3. The molecular weight excluding hydrogens is 328 g/mol. The van der Waals surface area contributed by atoms with E-state index in [1.165, 1.54) is 12.1 Å². The summed E-state index contributed by atoms with van der Waals surface area (Å²) in [5.41, 5.74) is 5.61. The molecular formula is C21H18N2O3. The lowest BCUT2D eigenvalue weighted by molar-refractivity contribution is -0.115. The van der Waals surface area contributed by atoms with Crippen molar-refractivity contribution >= 4 is 17.5 Å². The van der Waals surface area contributed by atoms with Crippen molar-refractivity contribution in [2.24, 2.45) is 0 Å². The molecule has 0 heterocycles. The zero-order valence-electron chi connectivity index (χ0n) is 14.0. The normalized spacial score (nSPS) is 10.2. The lowest BCUT2D eigenvalue weighted by atomic mass is 10.0. The molecule has 2 amide bonds. The van der Waals surface area contributed by atoms with Crippen LogP contribution in [0.15, 0.2) is 78.9 Å². The number of anilines is 1. The van der Waals surface area contributed by atoms with Gasteiger partial charge in [-0.15, -0.1) is 0 Å². The smallest absolute Gasteiger partial charge is 0.274 e. The van der Waals surface area contributed by atoms with Gasteiger partial charge < -0.3 is 5.32 Å². The molecule has 26 heavy (non-hydrogen) atoms. The van der Waals surface area contributed by atoms with Gasteiger partial charge in [-0.25, -0.2) is 5.48 Å². The van der Waals surface area contributed by atoms with Crippen molar-refractivity contribution in [2.75, 3.05) is 5.32 Å². The Morgan fingerprint density at radius 3 is 2.00 bits per heavy atom. The van der Waals surface area contributed by atoms with Crippen LogP contribution >= 0.6 is 0 Å². The molecule has 0 aliphatic rings. The van der Waals surface area contributed by atoms with Gasteiger partial charge in [-0.2, -0.15) is 0 Å². The summed E-state index contributed by atoms with van der Waals surface area (Å²) in [6.45, 7) is 0. The Bertz CT molecular complexity index is 889. The molecule has 3 aromatic carbocycles. The molecule has 0 aliphatic carbocycles. The minimum atomic E-state index is -0.596. The maximum atomic E-state index is 12.2. The summed E-state index contributed by atoms with van der Waals surface area (Å²) in [5, 5.41) is 11.4. The number of hydrogen-bond donors (Lipinski definition) is 3. The Labute approximate surface area is 151 Å². The first-order valence-corrected chi connectivity index (χ1v) is 8.14. The predicted octanol–water partition coefficient (Wildman–Crippen LogP) is 3.65. The summed E-state index contributed by atoms with van der Waals surface area (Å²) in [6.07, 6.45) is 0.258. The Morgan fingerprint density at radius 1 is 0.769 bits per heavy atom. The number of benzene rings is 3. The van der Waals surface area contributed by atoms with Crippen LogP contribution in [0.25, 0.3) is 11.1 Å². The van der Waals surface area contributed by atoms with Crippen molar-refractivity contribution in [1.82, 2.24) is 5.48 Å². The van der Waals surface area contributed by atoms with Crippen LogP contribution in [0.5, 0.6) is 0 Å². The monoisotopic (exact) mass is 346 g/mol. The molecule has 0 saturated carbocycles. The zero-order valence-corrected chi connectivity index (χ0v) is 14.0. The molecule has 0 atom stereocenters. The van der Waals surface area contributed by atoms with E-state index in [2.05, 4.69) is 5.32 Å². The second-order valence-corrected chi connectivity index (χ2v) is 5.81. The number of hydroxylamine groups is 1. The third-order valence-corrected chi connectivity index (χ3v) is 3.96. The van der Waals surface area contributed by atoms with Crippen molar-refractivity contribution in [3.63, 3.8) is 0 Å². The van der Waals surface area contributed by atoms with E-state index in [1.807, 2.05) is 54.6 Å². The number of carbonyl (C=O) groups excluding carboxylic acids is 2. The van der Waals surface area contributed by atoms with Gasteiger partial charge in [-0.3, -0.25) is 14.8 Å². The first-order valence-electron chi connectivity index (χ1n) is 8.14. The van der Waals surface area contributed by atoms with Crippen LogP contribution in [0.1, 0.15) is 15.9 Å². The fourth-order valence-corrected chi connectivity index (χ4v) is 2.61. The maximum absolute atomic E-state index is 12.2. The number of amides is 2. The molecule has 0 radical (unpaired) electrons. The van der Waals surface area contributed by atoms with Crippen molar-refractivity contribution in [1.29, 1.82) is 0 Å². The van der Waals surface area contributed by atoms with Gasteiger partial charge in [0.25, 0.3) is 5.91 Å². The van der Waals surface area contributed by atoms with Crippen LogP contribution in [-0.2, 0) is 11.2 Å². The first-order chi connectivity index (χ1) is 12.7. The van der Waals surface area contributed by atoms with Crippen LogP contribution in [0.4, 0.5) is 5.69 Å². The van der Waals surface area contributed by atoms with Crippen LogP contribution in [0.2, 0.25) is 0 Å². The first kappa shape index (κ1) is 17.4. The highest BCUT2D eigenvalue weighted by atomic mass is 16.5. The van der Waals surface area contributed by atoms with E-state index in [0.717, 1.165) is 16.7 Å². The van der Waals surface area contributed by atoms with Gasteiger partial charge in [0.15, 0.2) is 0 Å². The van der Waals surface area contributed by atoms with E-state index >= 15 is 0 Å². The quantitative estimate of drug-likeness (QED) is 0.487. The molecule has 0 aliphatic heterocycles. The average molecular weight is 346 g/mol. The second-order valence-electron chi connectivity index (χ2n) is 5.81. The van der Waals surface area contributed by atoms with E-state index in [-0.39, 0.29) is 12.3 Å². The second kappa shape index (κ2) is 8.09. The average Bonchev–Trinajstić information content (AvgIpc) is 2.69. The van der Waals surface area contributed by atoms with Gasteiger partial charge in [0.05, 0.1) is 6.42 Å². The van der Waals surface area contributed by atoms with Gasteiger partial charge in [0.1, 0.15) is 0 Å². The van der Waals surface area contributed by atoms with E-state index in [0.29, 0.717) is 11.3 Å². The van der Waals surface area contributed by atoms with Crippen LogP contribution in [-0.4, -0.2) is 17.0 Å².